The van der Waals surface area contributed by atoms with Gasteiger partial charge in [0.2, 0.25) is 8.32 Å². The average molecular weight is 268 g/mol. The van der Waals surface area contributed by atoms with E-state index in [1.165, 1.54) is 6.42 Å². The van der Waals surface area contributed by atoms with Gasteiger partial charge in [-0.3, -0.25) is 0 Å². The van der Waals surface area contributed by atoms with Crippen LogP contribution in [0.4, 0.5) is 0 Å². The maximum Gasteiger partial charge on any atom is 0.250 e. The second kappa shape index (κ2) is 3.86. The molecule has 0 aromatic heterocycles. The first-order valence-electron chi connectivity index (χ1n) is 7.12. The molecule has 0 bridgehead atoms. The van der Waals surface area contributed by atoms with E-state index in [-0.39, 0.29) is 16.2 Å². The summed E-state index contributed by atoms with van der Waals surface area (Å²) < 4.78 is 12.6. The predicted molar refractivity (Wildman–Crippen MR) is 78.1 cm³/mol. The van der Waals surface area contributed by atoms with E-state index < -0.39 is 8.32 Å². The lowest BCUT2D eigenvalue weighted by Crippen LogP contribution is -2.43. The Balaban J connectivity index is 2.21. The number of ether oxygens (including phenoxy) is 1. The average Bonchev–Trinajstić information content (AvgIpc) is 2.71. The summed E-state index contributed by atoms with van der Waals surface area (Å²) in [5.74, 6) is 1.13. The minimum Gasteiger partial charge on any atom is -0.544 e. The fraction of sp³-hybridized carbons (Fsp3) is 0.867. The molecule has 18 heavy (non-hydrogen) atoms. The quantitative estimate of drug-likeness (QED) is 0.538. The number of allylic oxidation sites excluding steroid dienone is 1. The molecule has 2 rings (SSSR count). The Kier molecular flexibility index (Phi) is 3.03. The van der Waals surface area contributed by atoms with Crippen molar-refractivity contribution in [2.75, 3.05) is 0 Å². The van der Waals surface area contributed by atoms with Gasteiger partial charge < -0.3 is 9.16 Å². The third-order valence-corrected chi connectivity index (χ3v) is 9.33. The second-order valence-electron chi connectivity index (χ2n) is 7.76. The lowest BCUT2D eigenvalue weighted by Gasteiger charge is -2.39. The van der Waals surface area contributed by atoms with Gasteiger partial charge in [-0.05, 0) is 57.3 Å². The van der Waals surface area contributed by atoms with Gasteiger partial charge in [0.1, 0.15) is 11.4 Å². The maximum absolute atomic E-state index is 6.53. The summed E-state index contributed by atoms with van der Waals surface area (Å²) in [7, 11) is -1.75. The van der Waals surface area contributed by atoms with Crippen LogP contribution in [0.3, 0.4) is 0 Å². The molecule has 0 aromatic rings. The predicted octanol–water partition coefficient (Wildman–Crippen LogP) is 4.62. The Morgan fingerprint density at radius 2 is 1.83 bits per heavy atom. The molecule has 0 aromatic carbocycles. The molecular weight excluding hydrogens is 240 g/mol. The lowest BCUT2D eigenvalue weighted by molar-refractivity contribution is 0.219. The van der Waals surface area contributed by atoms with Crippen molar-refractivity contribution in [3.05, 3.63) is 11.8 Å². The van der Waals surface area contributed by atoms with E-state index in [2.05, 4.69) is 53.8 Å². The van der Waals surface area contributed by atoms with E-state index >= 15 is 0 Å². The summed E-state index contributed by atoms with van der Waals surface area (Å²) in [5, 5.41) is 0.242. The molecule has 1 fully saturated rings. The first-order chi connectivity index (χ1) is 8.02. The molecule has 1 atom stereocenters. The third kappa shape index (κ3) is 2.05. The van der Waals surface area contributed by atoms with Crippen molar-refractivity contribution in [3.63, 3.8) is 0 Å². The molecule has 1 heterocycles. The van der Waals surface area contributed by atoms with E-state index in [1.54, 1.807) is 0 Å². The zero-order valence-electron chi connectivity index (χ0n) is 13.0. The van der Waals surface area contributed by atoms with E-state index in [9.17, 15) is 0 Å². The number of rotatable bonds is 2. The summed E-state index contributed by atoms with van der Waals surface area (Å²) in [6, 6.07) is 0. The van der Waals surface area contributed by atoms with Crippen LogP contribution in [0.25, 0.3) is 0 Å². The van der Waals surface area contributed by atoms with Gasteiger partial charge in [-0.2, -0.15) is 0 Å². The van der Waals surface area contributed by atoms with Crippen molar-refractivity contribution >= 4 is 8.32 Å². The minimum atomic E-state index is -1.75. The van der Waals surface area contributed by atoms with Crippen molar-refractivity contribution in [2.45, 2.75) is 83.2 Å². The highest BCUT2D eigenvalue weighted by Crippen LogP contribution is 2.58. The van der Waals surface area contributed by atoms with Gasteiger partial charge in [0.25, 0.3) is 0 Å². The Hall–Kier alpha value is -0.283. The van der Waals surface area contributed by atoms with E-state index in [0.29, 0.717) is 0 Å². The van der Waals surface area contributed by atoms with Crippen molar-refractivity contribution in [1.82, 2.24) is 0 Å². The first kappa shape index (κ1) is 14.1. The maximum atomic E-state index is 6.53. The molecule has 1 saturated heterocycles. The molecule has 0 amide bonds. The molecule has 104 valence electrons. The highest BCUT2D eigenvalue weighted by Gasteiger charge is 2.67. The molecule has 1 unspecified atom stereocenters. The fourth-order valence-corrected chi connectivity index (χ4v) is 3.64. The van der Waals surface area contributed by atoms with Crippen LogP contribution in [0.1, 0.15) is 53.9 Å². The summed E-state index contributed by atoms with van der Waals surface area (Å²) in [6.45, 7) is 15.8. The highest BCUT2D eigenvalue weighted by molar-refractivity contribution is 6.74. The highest BCUT2D eigenvalue weighted by atomic mass is 28.4. The Labute approximate surface area is 113 Å². The van der Waals surface area contributed by atoms with Gasteiger partial charge in [-0.15, -0.1) is 0 Å². The molecule has 3 heteroatoms. The van der Waals surface area contributed by atoms with Gasteiger partial charge in [0.05, 0.1) is 0 Å². The monoisotopic (exact) mass is 268 g/mol. The van der Waals surface area contributed by atoms with E-state index in [4.69, 9.17) is 9.16 Å². The van der Waals surface area contributed by atoms with Crippen LogP contribution in [0, 0.1) is 0 Å². The molecule has 2 nitrogen and oxygen atoms in total. The molecule has 0 N–H and O–H groups in total. The van der Waals surface area contributed by atoms with E-state index in [0.717, 1.165) is 18.6 Å². The van der Waals surface area contributed by atoms with Crippen molar-refractivity contribution in [1.29, 1.82) is 0 Å². The van der Waals surface area contributed by atoms with Gasteiger partial charge >= 0.3 is 0 Å². The fourth-order valence-electron chi connectivity index (χ4n) is 2.53. The third-order valence-electron chi connectivity index (χ3n) is 4.99. The number of hydrogen-bond donors (Lipinski definition) is 0. The molecule has 0 radical (unpaired) electrons. The van der Waals surface area contributed by atoms with Crippen LogP contribution in [0.2, 0.25) is 18.1 Å². The zero-order valence-corrected chi connectivity index (χ0v) is 14.0. The van der Waals surface area contributed by atoms with Crippen LogP contribution < -0.4 is 0 Å². The molecule has 0 saturated carbocycles. The van der Waals surface area contributed by atoms with Crippen molar-refractivity contribution in [3.8, 4) is 0 Å². The van der Waals surface area contributed by atoms with Crippen LogP contribution in [-0.2, 0) is 9.16 Å². The minimum absolute atomic E-state index is 0.0401. The number of hydrogen-bond acceptors (Lipinski definition) is 2. The van der Waals surface area contributed by atoms with Crippen LogP contribution >= 0.6 is 0 Å². The van der Waals surface area contributed by atoms with Crippen molar-refractivity contribution < 1.29 is 9.16 Å². The molecule has 1 aliphatic carbocycles. The van der Waals surface area contributed by atoms with Gasteiger partial charge in [0.15, 0.2) is 5.60 Å². The van der Waals surface area contributed by atoms with Crippen LogP contribution in [-0.4, -0.2) is 19.5 Å². The van der Waals surface area contributed by atoms with E-state index in [1.807, 2.05) is 0 Å². The first-order valence-corrected chi connectivity index (χ1v) is 10.0. The smallest absolute Gasteiger partial charge is 0.250 e. The molecule has 1 aliphatic heterocycles. The normalized spacial score (nSPS) is 31.2. The molecule has 1 spiro atoms. The van der Waals surface area contributed by atoms with Gasteiger partial charge in [0, 0.05) is 0 Å². The SMILES string of the molecule is CC1(C)OC12CCCC=C2O[Si](C)(C)C(C)(C)C. The molecular formula is C15H28O2Si. The van der Waals surface area contributed by atoms with Crippen molar-refractivity contribution in [2.24, 2.45) is 0 Å². The Morgan fingerprint density at radius 3 is 2.28 bits per heavy atom. The summed E-state index contributed by atoms with van der Waals surface area (Å²) in [4.78, 5) is 0. The van der Waals surface area contributed by atoms with Crippen LogP contribution in [0.5, 0.6) is 0 Å². The molecule has 2 aliphatic rings. The number of epoxide rings is 1. The second-order valence-corrected chi connectivity index (χ2v) is 12.5. The zero-order chi connectivity index (χ0) is 13.8. The Bertz CT molecular complexity index is 376. The van der Waals surface area contributed by atoms with Gasteiger partial charge in [-0.1, -0.05) is 20.8 Å². The topological polar surface area (TPSA) is 21.8 Å². The summed E-state index contributed by atoms with van der Waals surface area (Å²) in [5.41, 5.74) is -0.150. The standard InChI is InChI=1S/C15H28O2Si/c1-13(2,3)18(6,7)16-12-10-8-9-11-15(12)14(4,5)17-15/h10H,8-9,11H2,1-7H3. The van der Waals surface area contributed by atoms with Gasteiger partial charge in [-0.25, -0.2) is 0 Å². The lowest BCUT2D eigenvalue weighted by atomic mass is 9.85. The summed E-state index contributed by atoms with van der Waals surface area (Å²) in [6.07, 6.45) is 5.73. The van der Waals surface area contributed by atoms with Crippen LogP contribution in [0.15, 0.2) is 11.8 Å². The Morgan fingerprint density at radius 1 is 1.28 bits per heavy atom. The summed E-state index contributed by atoms with van der Waals surface area (Å²) >= 11 is 0. The largest absolute Gasteiger partial charge is 0.544 e.